The number of urea groups is 1. The van der Waals surface area contributed by atoms with Gasteiger partial charge in [0.25, 0.3) is 0 Å². The van der Waals surface area contributed by atoms with Crippen LogP contribution in [0.1, 0.15) is 12.8 Å². The molecule has 2 N–H and O–H groups in total. The fourth-order valence-corrected chi connectivity index (χ4v) is 1.82. The number of nitrogens with zero attached hydrogens (tertiary/aromatic N) is 1. The van der Waals surface area contributed by atoms with E-state index in [0.29, 0.717) is 6.04 Å². The number of carbonyl (C=O) groups excluding carboxylic acids is 1. The summed E-state index contributed by atoms with van der Waals surface area (Å²) < 4.78 is 0. The summed E-state index contributed by atoms with van der Waals surface area (Å²) in [5.41, 5.74) is 0. The second kappa shape index (κ2) is 2.37. The van der Waals surface area contributed by atoms with E-state index in [2.05, 4.69) is 10.6 Å². The second-order valence-electron chi connectivity index (χ2n) is 3.20. The van der Waals surface area contributed by atoms with Gasteiger partial charge in [-0.25, -0.2) is 4.79 Å². The zero-order valence-corrected chi connectivity index (χ0v) is 6.63. The summed E-state index contributed by atoms with van der Waals surface area (Å²) in [6.45, 7) is 1.02. The molecule has 2 unspecified atom stereocenters. The van der Waals surface area contributed by atoms with Crippen molar-refractivity contribution in [3.63, 3.8) is 0 Å². The highest BCUT2D eigenvalue weighted by molar-refractivity contribution is 5.77. The third-order valence-corrected chi connectivity index (χ3v) is 2.52. The first-order valence-electron chi connectivity index (χ1n) is 4.06. The highest BCUT2D eigenvalue weighted by Crippen LogP contribution is 2.17. The lowest BCUT2D eigenvalue weighted by atomic mass is 10.1. The molecule has 0 spiro atoms. The lowest BCUT2D eigenvalue weighted by Gasteiger charge is -2.28. The molecule has 2 saturated heterocycles. The maximum Gasteiger partial charge on any atom is 0.318 e. The minimum Gasteiger partial charge on any atom is -0.321 e. The molecule has 0 radical (unpaired) electrons. The van der Waals surface area contributed by atoms with Crippen molar-refractivity contribution in [1.29, 1.82) is 0 Å². The van der Waals surface area contributed by atoms with Crippen LogP contribution in [-0.2, 0) is 0 Å². The second-order valence-corrected chi connectivity index (χ2v) is 3.20. The van der Waals surface area contributed by atoms with Crippen molar-refractivity contribution in [2.45, 2.75) is 25.0 Å². The molecule has 2 heterocycles. The molecule has 2 aliphatic rings. The van der Waals surface area contributed by atoms with E-state index in [9.17, 15) is 4.79 Å². The third-order valence-electron chi connectivity index (χ3n) is 2.52. The molecule has 2 rings (SSSR count). The Labute approximate surface area is 65.9 Å². The molecular formula is C7H13N3O. The number of fused-ring (bicyclic) bond motifs is 1. The summed E-state index contributed by atoms with van der Waals surface area (Å²) in [4.78, 5) is 12.9. The molecule has 0 bridgehead atoms. The Morgan fingerprint density at radius 3 is 3.18 bits per heavy atom. The summed E-state index contributed by atoms with van der Waals surface area (Å²) in [5.74, 6) is 0. The molecule has 2 atom stereocenters. The predicted octanol–water partition coefficient (Wildman–Crippen LogP) is -0.281. The first-order chi connectivity index (χ1) is 5.29. The van der Waals surface area contributed by atoms with Crippen LogP contribution in [0, 0.1) is 0 Å². The zero-order valence-electron chi connectivity index (χ0n) is 6.63. The van der Waals surface area contributed by atoms with Crippen LogP contribution >= 0.6 is 0 Å². The lowest BCUT2D eigenvalue weighted by molar-refractivity contribution is 0.206. The van der Waals surface area contributed by atoms with Gasteiger partial charge in [0.1, 0.15) is 6.17 Å². The van der Waals surface area contributed by atoms with Crippen molar-refractivity contribution in [2.24, 2.45) is 0 Å². The number of amides is 2. The average molecular weight is 155 g/mol. The van der Waals surface area contributed by atoms with Gasteiger partial charge in [-0.1, -0.05) is 0 Å². The van der Waals surface area contributed by atoms with Gasteiger partial charge in [0.15, 0.2) is 0 Å². The highest BCUT2D eigenvalue weighted by Gasteiger charge is 2.37. The molecule has 4 nitrogen and oxygen atoms in total. The molecular weight excluding hydrogens is 142 g/mol. The fraction of sp³-hybridized carbons (Fsp3) is 0.857. The SMILES string of the molecule is CN1C(=O)NC2NCCCC21. The predicted molar refractivity (Wildman–Crippen MR) is 41.1 cm³/mol. The standard InChI is InChI=1S/C7H13N3O/c1-10-5-3-2-4-8-6(5)9-7(10)11/h5-6,8H,2-4H2,1H3,(H,9,11). The number of hydrogen-bond donors (Lipinski definition) is 2. The fourth-order valence-electron chi connectivity index (χ4n) is 1.82. The molecule has 2 aliphatic heterocycles. The molecule has 62 valence electrons. The smallest absolute Gasteiger partial charge is 0.318 e. The monoisotopic (exact) mass is 155 g/mol. The van der Waals surface area contributed by atoms with Crippen LogP contribution in [0.2, 0.25) is 0 Å². The Kier molecular flexibility index (Phi) is 1.49. The number of rotatable bonds is 0. The van der Waals surface area contributed by atoms with Crippen molar-refractivity contribution in [3.05, 3.63) is 0 Å². The quantitative estimate of drug-likeness (QED) is 0.505. The van der Waals surface area contributed by atoms with Crippen LogP contribution in [0.5, 0.6) is 0 Å². The molecule has 0 aromatic carbocycles. The van der Waals surface area contributed by atoms with Gasteiger partial charge >= 0.3 is 6.03 Å². The molecule has 2 fully saturated rings. The van der Waals surface area contributed by atoms with E-state index >= 15 is 0 Å². The van der Waals surface area contributed by atoms with Gasteiger partial charge in [0.2, 0.25) is 0 Å². The van der Waals surface area contributed by atoms with Crippen molar-refractivity contribution < 1.29 is 4.79 Å². The number of hydrogen-bond acceptors (Lipinski definition) is 2. The van der Waals surface area contributed by atoms with Gasteiger partial charge in [0.05, 0.1) is 6.04 Å². The van der Waals surface area contributed by atoms with Gasteiger partial charge < -0.3 is 10.2 Å². The summed E-state index contributed by atoms with van der Waals surface area (Å²) in [6.07, 6.45) is 2.48. The number of nitrogens with one attached hydrogen (secondary N) is 2. The maximum atomic E-state index is 11.1. The average Bonchev–Trinajstić information content (AvgIpc) is 2.30. The maximum absolute atomic E-state index is 11.1. The molecule has 4 heteroatoms. The Bertz CT molecular complexity index is 183. The van der Waals surface area contributed by atoms with Crippen LogP contribution in [0.25, 0.3) is 0 Å². The largest absolute Gasteiger partial charge is 0.321 e. The van der Waals surface area contributed by atoms with E-state index in [0.717, 1.165) is 13.0 Å². The van der Waals surface area contributed by atoms with E-state index in [-0.39, 0.29) is 12.2 Å². The van der Waals surface area contributed by atoms with Crippen LogP contribution in [0.3, 0.4) is 0 Å². The van der Waals surface area contributed by atoms with E-state index in [1.807, 2.05) is 7.05 Å². The molecule has 0 aliphatic carbocycles. The zero-order chi connectivity index (χ0) is 7.84. The van der Waals surface area contributed by atoms with Crippen LogP contribution in [0.15, 0.2) is 0 Å². The van der Waals surface area contributed by atoms with E-state index in [4.69, 9.17) is 0 Å². The number of carbonyl (C=O) groups is 1. The lowest BCUT2D eigenvalue weighted by Crippen LogP contribution is -2.49. The molecule has 0 aromatic heterocycles. The molecule has 2 amide bonds. The Balaban J connectivity index is 2.11. The van der Waals surface area contributed by atoms with Gasteiger partial charge in [0, 0.05) is 7.05 Å². The Morgan fingerprint density at radius 1 is 1.64 bits per heavy atom. The Morgan fingerprint density at radius 2 is 2.45 bits per heavy atom. The van der Waals surface area contributed by atoms with E-state index in [1.54, 1.807) is 4.90 Å². The van der Waals surface area contributed by atoms with Crippen LogP contribution in [-0.4, -0.2) is 36.7 Å². The van der Waals surface area contributed by atoms with Crippen molar-refractivity contribution in [2.75, 3.05) is 13.6 Å². The van der Waals surface area contributed by atoms with Gasteiger partial charge in [-0.2, -0.15) is 0 Å². The number of likely N-dealkylation sites (N-methyl/N-ethyl adjacent to an activating group) is 1. The minimum absolute atomic E-state index is 0.0504. The third kappa shape index (κ3) is 0.976. The van der Waals surface area contributed by atoms with Gasteiger partial charge in [-0.3, -0.25) is 5.32 Å². The van der Waals surface area contributed by atoms with E-state index in [1.165, 1.54) is 6.42 Å². The van der Waals surface area contributed by atoms with Crippen molar-refractivity contribution >= 4 is 6.03 Å². The summed E-state index contributed by atoms with van der Waals surface area (Å²) in [7, 11) is 1.85. The molecule has 0 aromatic rings. The Hall–Kier alpha value is -0.770. The van der Waals surface area contributed by atoms with Crippen molar-refractivity contribution in [3.8, 4) is 0 Å². The first-order valence-corrected chi connectivity index (χ1v) is 4.06. The van der Waals surface area contributed by atoms with E-state index < -0.39 is 0 Å². The topological polar surface area (TPSA) is 44.4 Å². The van der Waals surface area contributed by atoms with Gasteiger partial charge in [-0.15, -0.1) is 0 Å². The highest BCUT2D eigenvalue weighted by atomic mass is 16.2. The molecule has 11 heavy (non-hydrogen) atoms. The summed E-state index contributed by atoms with van der Waals surface area (Å²) >= 11 is 0. The van der Waals surface area contributed by atoms with Crippen molar-refractivity contribution in [1.82, 2.24) is 15.5 Å². The van der Waals surface area contributed by atoms with Gasteiger partial charge in [-0.05, 0) is 19.4 Å². The minimum atomic E-state index is 0.0504. The summed E-state index contributed by atoms with van der Waals surface area (Å²) in [5, 5.41) is 6.15. The number of piperidine rings is 1. The van der Waals surface area contributed by atoms with Crippen LogP contribution < -0.4 is 10.6 Å². The first kappa shape index (κ1) is 6.91. The molecule has 0 saturated carbocycles. The summed E-state index contributed by atoms with van der Waals surface area (Å²) in [6, 6.07) is 0.422. The normalized spacial score (nSPS) is 36.8. The van der Waals surface area contributed by atoms with Crippen LogP contribution in [0.4, 0.5) is 4.79 Å².